The van der Waals surface area contributed by atoms with E-state index < -0.39 is 24.1 Å². The van der Waals surface area contributed by atoms with Crippen LogP contribution in [0.2, 0.25) is 0 Å². The third kappa shape index (κ3) is 5.17. The quantitative estimate of drug-likeness (QED) is 0.603. The van der Waals surface area contributed by atoms with Crippen LogP contribution in [0.3, 0.4) is 0 Å². The van der Waals surface area contributed by atoms with Crippen LogP contribution in [0.5, 0.6) is 0 Å². The number of morpholine rings is 1. The van der Waals surface area contributed by atoms with Crippen LogP contribution in [0.4, 0.5) is 4.79 Å². The first kappa shape index (κ1) is 23.4. The molecule has 8 heteroatoms. The van der Waals surface area contributed by atoms with Crippen molar-refractivity contribution >= 4 is 18.0 Å². The summed E-state index contributed by atoms with van der Waals surface area (Å²) in [6.07, 6.45) is 1.76. The molecule has 1 saturated heterocycles. The molecule has 0 spiro atoms. The monoisotopic (exact) mass is 478 g/mol. The van der Waals surface area contributed by atoms with Gasteiger partial charge in [-0.05, 0) is 34.6 Å². The number of hydrogen-bond donors (Lipinski definition) is 2. The number of nitrogens with zero attached hydrogens (tertiary/aromatic N) is 1. The molecule has 1 saturated carbocycles. The molecule has 1 aliphatic heterocycles. The number of carbonyl (C=O) groups is 3. The van der Waals surface area contributed by atoms with Crippen LogP contribution in [0, 0.1) is 5.92 Å². The molecule has 184 valence electrons. The van der Waals surface area contributed by atoms with Gasteiger partial charge in [0.15, 0.2) is 0 Å². The Morgan fingerprint density at radius 3 is 2.34 bits per heavy atom. The lowest BCUT2D eigenvalue weighted by molar-refractivity contribution is -0.147. The number of carboxylic acid groups (broad SMARTS) is 1. The third-order valence-electron chi connectivity index (χ3n) is 7.12. The summed E-state index contributed by atoms with van der Waals surface area (Å²) in [5.74, 6) is -0.928. The van der Waals surface area contributed by atoms with E-state index in [1.54, 1.807) is 4.90 Å². The molecule has 2 unspecified atom stereocenters. The fraction of sp³-hybridized carbons (Fsp3) is 0.444. The van der Waals surface area contributed by atoms with Crippen molar-refractivity contribution in [1.29, 1.82) is 0 Å². The van der Waals surface area contributed by atoms with Crippen LogP contribution in [0.25, 0.3) is 11.1 Å². The molecule has 2 aliphatic carbocycles. The zero-order valence-corrected chi connectivity index (χ0v) is 19.5. The van der Waals surface area contributed by atoms with Crippen molar-refractivity contribution in [2.75, 3.05) is 26.4 Å². The van der Waals surface area contributed by atoms with E-state index >= 15 is 0 Å². The minimum absolute atomic E-state index is 0.0649. The smallest absolute Gasteiger partial charge is 0.407 e. The van der Waals surface area contributed by atoms with Gasteiger partial charge in [0, 0.05) is 12.5 Å². The molecule has 2 aromatic carbocycles. The van der Waals surface area contributed by atoms with Crippen LogP contribution < -0.4 is 5.32 Å². The fourth-order valence-corrected chi connectivity index (χ4v) is 5.21. The zero-order chi connectivity index (χ0) is 24.4. The first-order valence-corrected chi connectivity index (χ1v) is 12.2. The van der Waals surface area contributed by atoms with Crippen LogP contribution >= 0.6 is 0 Å². The molecule has 0 aromatic heterocycles. The van der Waals surface area contributed by atoms with Gasteiger partial charge in [-0.25, -0.2) is 4.79 Å². The molecule has 2 amide bonds. The summed E-state index contributed by atoms with van der Waals surface area (Å²) < 4.78 is 11.1. The largest absolute Gasteiger partial charge is 0.481 e. The molecule has 1 heterocycles. The fourth-order valence-electron chi connectivity index (χ4n) is 5.21. The minimum Gasteiger partial charge on any atom is -0.481 e. The van der Waals surface area contributed by atoms with Gasteiger partial charge in [-0.3, -0.25) is 9.59 Å². The van der Waals surface area contributed by atoms with Crippen LogP contribution in [-0.4, -0.2) is 66.4 Å². The van der Waals surface area contributed by atoms with E-state index in [4.69, 9.17) is 9.47 Å². The third-order valence-corrected chi connectivity index (χ3v) is 7.12. The molecule has 3 aliphatic rings. The first-order chi connectivity index (χ1) is 17.0. The predicted molar refractivity (Wildman–Crippen MR) is 128 cm³/mol. The van der Waals surface area contributed by atoms with Crippen molar-refractivity contribution in [1.82, 2.24) is 10.2 Å². The van der Waals surface area contributed by atoms with Crippen molar-refractivity contribution in [3.05, 3.63) is 59.7 Å². The number of amides is 2. The summed E-state index contributed by atoms with van der Waals surface area (Å²) in [6, 6.07) is 15.0. The van der Waals surface area contributed by atoms with E-state index in [1.165, 1.54) is 0 Å². The van der Waals surface area contributed by atoms with Crippen molar-refractivity contribution < 1.29 is 29.0 Å². The SMILES string of the molecule is O=C(O)CC1COCCN1C(=O)C(CC1CC1)NC(=O)OCC1c2ccccc2-c2ccccc21. The standard InChI is InChI=1S/C27H30N2O6/c30-25(31)14-18-15-34-12-11-29(18)26(32)24(13-17-9-10-17)28-27(33)35-16-23-21-7-3-1-5-19(21)20-6-2-4-8-22(20)23/h1-8,17-18,23-24H,9-16H2,(H,28,33)(H,30,31). The van der Waals surface area contributed by atoms with Crippen LogP contribution in [0.1, 0.15) is 42.7 Å². The van der Waals surface area contributed by atoms with E-state index in [9.17, 15) is 19.5 Å². The van der Waals surface area contributed by atoms with Gasteiger partial charge >= 0.3 is 12.1 Å². The normalized spacial score (nSPS) is 20.0. The maximum absolute atomic E-state index is 13.4. The van der Waals surface area contributed by atoms with Crippen molar-refractivity contribution in [3.63, 3.8) is 0 Å². The average molecular weight is 479 g/mol. The number of fused-ring (bicyclic) bond motifs is 3. The summed E-state index contributed by atoms with van der Waals surface area (Å²) in [5, 5.41) is 12.0. The molecule has 5 rings (SSSR count). The number of carboxylic acids is 1. The number of alkyl carbamates (subject to hydrolysis) is 1. The van der Waals surface area contributed by atoms with Gasteiger partial charge < -0.3 is 24.8 Å². The summed E-state index contributed by atoms with van der Waals surface area (Å²) in [5.41, 5.74) is 4.54. The Labute approximate surface area is 204 Å². The lowest BCUT2D eigenvalue weighted by Crippen LogP contribution is -2.56. The number of rotatable bonds is 8. The molecule has 2 aromatic rings. The molecule has 35 heavy (non-hydrogen) atoms. The Morgan fingerprint density at radius 2 is 1.71 bits per heavy atom. The number of benzene rings is 2. The molecule has 2 fully saturated rings. The summed E-state index contributed by atoms with van der Waals surface area (Å²) >= 11 is 0. The molecular weight excluding hydrogens is 448 g/mol. The van der Waals surface area contributed by atoms with Gasteiger partial charge in [0.05, 0.1) is 25.7 Å². The first-order valence-electron chi connectivity index (χ1n) is 12.2. The van der Waals surface area contributed by atoms with Gasteiger partial charge in [-0.2, -0.15) is 0 Å². The lowest BCUT2D eigenvalue weighted by Gasteiger charge is -2.37. The Bertz CT molecular complexity index is 1070. The van der Waals surface area contributed by atoms with E-state index in [2.05, 4.69) is 29.6 Å². The van der Waals surface area contributed by atoms with E-state index in [-0.39, 0.29) is 31.5 Å². The highest BCUT2D eigenvalue weighted by Gasteiger charge is 2.37. The van der Waals surface area contributed by atoms with E-state index in [1.807, 2.05) is 24.3 Å². The van der Waals surface area contributed by atoms with Gasteiger partial charge in [0.1, 0.15) is 12.6 Å². The second kappa shape index (κ2) is 10.1. The Kier molecular flexibility index (Phi) is 6.72. The molecule has 0 bridgehead atoms. The topological polar surface area (TPSA) is 105 Å². The second-order valence-electron chi connectivity index (χ2n) is 9.56. The number of ether oxygens (including phenoxy) is 2. The van der Waals surface area contributed by atoms with Crippen LogP contribution in [0.15, 0.2) is 48.5 Å². The van der Waals surface area contributed by atoms with Gasteiger partial charge in [-0.15, -0.1) is 0 Å². The van der Waals surface area contributed by atoms with Crippen molar-refractivity contribution in [2.45, 2.75) is 43.7 Å². The van der Waals surface area contributed by atoms with Crippen LogP contribution in [-0.2, 0) is 19.1 Å². The number of carbonyl (C=O) groups excluding carboxylic acids is 2. The maximum atomic E-state index is 13.4. The predicted octanol–water partition coefficient (Wildman–Crippen LogP) is 3.40. The molecule has 8 nitrogen and oxygen atoms in total. The highest BCUT2D eigenvalue weighted by Crippen LogP contribution is 2.44. The number of hydrogen-bond acceptors (Lipinski definition) is 5. The summed E-state index contributed by atoms with van der Waals surface area (Å²) in [7, 11) is 0. The highest BCUT2D eigenvalue weighted by molar-refractivity contribution is 5.86. The molecule has 0 radical (unpaired) electrons. The van der Waals surface area contributed by atoms with E-state index in [0.717, 1.165) is 35.1 Å². The zero-order valence-electron chi connectivity index (χ0n) is 19.5. The van der Waals surface area contributed by atoms with Gasteiger partial charge in [0.2, 0.25) is 5.91 Å². The number of aliphatic carboxylic acids is 1. The molecular formula is C27H30N2O6. The Morgan fingerprint density at radius 1 is 1.06 bits per heavy atom. The minimum atomic E-state index is -0.985. The molecule has 2 atom stereocenters. The van der Waals surface area contributed by atoms with E-state index in [0.29, 0.717) is 25.5 Å². The average Bonchev–Trinajstić information content (AvgIpc) is 3.62. The number of nitrogens with one attached hydrogen (secondary N) is 1. The van der Waals surface area contributed by atoms with Gasteiger partial charge in [0.25, 0.3) is 0 Å². The maximum Gasteiger partial charge on any atom is 0.407 e. The van der Waals surface area contributed by atoms with Gasteiger partial charge in [-0.1, -0.05) is 61.4 Å². The lowest BCUT2D eigenvalue weighted by atomic mass is 9.98. The summed E-state index contributed by atoms with van der Waals surface area (Å²) in [6.45, 7) is 1.01. The molecule has 2 N–H and O–H groups in total. The highest BCUT2D eigenvalue weighted by atomic mass is 16.5. The summed E-state index contributed by atoms with van der Waals surface area (Å²) in [4.78, 5) is 39.1. The van der Waals surface area contributed by atoms with Crippen molar-refractivity contribution in [3.8, 4) is 11.1 Å². The Balaban J connectivity index is 1.26. The second-order valence-corrected chi connectivity index (χ2v) is 9.56. The Hall–Kier alpha value is -3.39. The van der Waals surface area contributed by atoms with Crippen molar-refractivity contribution in [2.24, 2.45) is 5.92 Å².